The van der Waals surface area contributed by atoms with Gasteiger partial charge in [-0.05, 0) is 42.8 Å². The summed E-state index contributed by atoms with van der Waals surface area (Å²) in [5, 5.41) is 8.89. The third-order valence-electron chi connectivity index (χ3n) is 2.73. The molecule has 2 rings (SSSR count). The van der Waals surface area contributed by atoms with Crippen LogP contribution in [0.5, 0.6) is 17.2 Å². The lowest BCUT2D eigenvalue weighted by Crippen LogP contribution is -1.93. The fraction of sp³-hybridized carbons (Fsp3) is 0.133. The first kappa shape index (κ1) is 12.8. The van der Waals surface area contributed by atoms with E-state index in [1.807, 2.05) is 6.92 Å². The molecule has 0 amide bonds. The van der Waals surface area contributed by atoms with Gasteiger partial charge in [0.15, 0.2) is 11.5 Å². The smallest absolute Gasteiger partial charge is 0.171 e. The maximum atomic E-state index is 8.89. The Morgan fingerprint density at radius 3 is 2.53 bits per heavy atom. The second-order valence-corrected chi connectivity index (χ2v) is 4.10. The maximum Gasteiger partial charge on any atom is 0.171 e. The Balaban J connectivity index is 2.33. The third kappa shape index (κ3) is 2.78. The van der Waals surface area contributed by atoms with E-state index in [4.69, 9.17) is 20.5 Å². The van der Waals surface area contributed by atoms with Crippen LogP contribution in [0.4, 0.5) is 5.69 Å². The van der Waals surface area contributed by atoms with Crippen LogP contribution in [0.2, 0.25) is 0 Å². The number of nitrogens with zero attached hydrogens (tertiary/aromatic N) is 1. The van der Waals surface area contributed by atoms with Crippen LogP contribution in [-0.2, 0) is 0 Å². The predicted octanol–water partition coefficient (Wildman–Crippen LogP) is 3.25. The van der Waals surface area contributed by atoms with Crippen molar-refractivity contribution >= 4 is 5.69 Å². The number of rotatable bonds is 3. The van der Waals surface area contributed by atoms with Crippen molar-refractivity contribution in [2.75, 3.05) is 12.8 Å². The lowest BCUT2D eigenvalue weighted by Gasteiger charge is -2.11. The fourth-order valence-electron chi connectivity index (χ4n) is 1.73. The molecule has 2 aromatic rings. The van der Waals surface area contributed by atoms with Gasteiger partial charge in [-0.3, -0.25) is 0 Å². The van der Waals surface area contributed by atoms with E-state index in [9.17, 15) is 0 Å². The van der Waals surface area contributed by atoms with Crippen molar-refractivity contribution in [2.24, 2.45) is 0 Å². The van der Waals surface area contributed by atoms with E-state index < -0.39 is 0 Å². The lowest BCUT2D eigenvalue weighted by atomic mass is 10.1. The summed E-state index contributed by atoms with van der Waals surface area (Å²) in [7, 11) is 1.57. The van der Waals surface area contributed by atoms with Gasteiger partial charge in [-0.2, -0.15) is 5.26 Å². The molecule has 4 heteroatoms. The minimum atomic E-state index is 0.548. The zero-order valence-electron chi connectivity index (χ0n) is 10.8. The molecule has 0 heterocycles. The van der Waals surface area contributed by atoms with Crippen LogP contribution in [-0.4, -0.2) is 7.11 Å². The normalized spacial score (nSPS) is 9.74. The molecule has 0 radical (unpaired) electrons. The first-order valence-electron chi connectivity index (χ1n) is 5.76. The number of nitrogens with two attached hydrogens (primary N) is 1. The summed E-state index contributed by atoms with van der Waals surface area (Å²) >= 11 is 0. The minimum Gasteiger partial charge on any atom is -0.493 e. The van der Waals surface area contributed by atoms with Gasteiger partial charge in [0.2, 0.25) is 0 Å². The van der Waals surface area contributed by atoms with E-state index in [0.29, 0.717) is 28.5 Å². The van der Waals surface area contributed by atoms with E-state index in [1.54, 1.807) is 43.5 Å². The number of aryl methyl sites for hydroxylation is 1. The number of ether oxygens (including phenoxy) is 2. The molecule has 0 aliphatic rings. The number of methoxy groups -OCH3 is 1. The first-order chi connectivity index (χ1) is 9.13. The Hall–Kier alpha value is -2.67. The maximum absolute atomic E-state index is 8.89. The summed E-state index contributed by atoms with van der Waals surface area (Å²) in [5.41, 5.74) is 7.83. The Morgan fingerprint density at radius 2 is 1.89 bits per heavy atom. The van der Waals surface area contributed by atoms with E-state index in [-0.39, 0.29) is 0 Å². The molecule has 0 spiro atoms. The number of hydrogen-bond donors (Lipinski definition) is 1. The van der Waals surface area contributed by atoms with Gasteiger partial charge in [0.1, 0.15) is 5.75 Å². The van der Waals surface area contributed by atoms with Gasteiger partial charge >= 0.3 is 0 Å². The summed E-state index contributed by atoms with van der Waals surface area (Å²) in [4.78, 5) is 0. The zero-order valence-corrected chi connectivity index (χ0v) is 10.8. The molecule has 96 valence electrons. The average Bonchev–Trinajstić information content (AvgIpc) is 2.39. The molecular weight excluding hydrogens is 240 g/mol. The molecule has 2 aromatic carbocycles. The van der Waals surface area contributed by atoms with Crippen LogP contribution < -0.4 is 15.2 Å². The van der Waals surface area contributed by atoms with Gasteiger partial charge in [-0.1, -0.05) is 0 Å². The lowest BCUT2D eigenvalue weighted by molar-refractivity contribution is 0.379. The standard InChI is InChI=1S/C15H14N2O2/c1-10-7-13(5-3-11(10)9-16)19-15-8-12(17)4-6-14(15)18-2/h3-8H,17H2,1-2H3. The molecule has 0 bridgehead atoms. The van der Waals surface area contributed by atoms with Crippen LogP contribution in [0.3, 0.4) is 0 Å². The molecule has 0 aliphatic carbocycles. The Kier molecular flexibility index (Phi) is 3.58. The van der Waals surface area contributed by atoms with Gasteiger partial charge in [-0.25, -0.2) is 0 Å². The van der Waals surface area contributed by atoms with Crippen molar-refractivity contribution < 1.29 is 9.47 Å². The molecule has 0 atom stereocenters. The van der Waals surface area contributed by atoms with Crippen LogP contribution in [0, 0.1) is 18.3 Å². The van der Waals surface area contributed by atoms with Crippen molar-refractivity contribution in [1.82, 2.24) is 0 Å². The molecular formula is C15H14N2O2. The van der Waals surface area contributed by atoms with Gasteiger partial charge in [-0.15, -0.1) is 0 Å². The average molecular weight is 254 g/mol. The number of benzene rings is 2. The molecule has 0 fully saturated rings. The molecule has 0 aliphatic heterocycles. The molecule has 2 N–H and O–H groups in total. The first-order valence-corrected chi connectivity index (χ1v) is 5.76. The summed E-state index contributed by atoms with van der Waals surface area (Å²) in [6.07, 6.45) is 0. The summed E-state index contributed by atoms with van der Waals surface area (Å²) in [5.74, 6) is 1.79. The number of nitrogen functional groups attached to an aromatic ring is 1. The second kappa shape index (κ2) is 5.32. The largest absolute Gasteiger partial charge is 0.493 e. The topological polar surface area (TPSA) is 68.3 Å². The van der Waals surface area contributed by atoms with E-state index >= 15 is 0 Å². The monoisotopic (exact) mass is 254 g/mol. The Bertz CT molecular complexity index is 645. The van der Waals surface area contributed by atoms with E-state index in [0.717, 1.165) is 5.56 Å². The van der Waals surface area contributed by atoms with Crippen molar-refractivity contribution in [3.8, 4) is 23.3 Å². The molecule has 0 saturated heterocycles. The van der Waals surface area contributed by atoms with Crippen molar-refractivity contribution in [2.45, 2.75) is 6.92 Å². The number of anilines is 1. The molecule has 0 unspecified atom stereocenters. The highest BCUT2D eigenvalue weighted by Crippen LogP contribution is 2.33. The Morgan fingerprint density at radius 1 is 1.11 bits per heavy atom. The molecule has 19 heavy (non-hydrogen) atoms. The second-order valence-electron chi connectivity index (χ2n) is 4.10. The SMILES string of the molecule is COc1ccc(N)cc1Oc1ccc(C#N)c(C)c1. The van der Waals surface area contributed by atoms with E-state index in [1.165, 1.54) is 0 Å². The molecule has 0 aromatic heterocycles. The summed E-state index contributed by atoms with van der Waals surface area (Å²) < 4.78 is 11.0. The minimum absolute atomic E-state index is 0.548. The quantitative estimate of drug-likeness (QED) is 0.854. The van der Waals surface area contributed by atoms with Gasteiger partial charge < -0.3 is 15.2 Å². The van der Waals surface area contributed by atoms with Crippen molar-refractivity contribution in [3.05, 3.63) is 47.5 Å². The fourth-order valence-corrected chi connectivity index (χ4v) is 1.73. The van der Waals surface area contributed by atoms with Crippen LogP contribution in [0.1, 0.15) is 11.1 Å². The highest BCUT2D eigenvalue weighted by molar-refractivity contribution is 5.54. The van der Waals surface area contributed by atoms with Crippen molar-refractivity contribution in [3.63, 3.8) is 0 Å². The van der Waals surface area contributed by atoms with Gasteiger partial charge in [0.05, 0.1) is 18.7 Å². The Labute approximate surface area is 112 Å². The summed E-state index contributed by atoms with van der Waals surface area (Å²) in [6, 6.07) is 12.6. The number of nitriles is 1. The van der Waals surface area contributed by atoms with Crippen LogP contribution >= 0.6 is 0 Å². The highest BCUT2D eigenvalue weighted by Gasteiger charge is 2.07. The zero-order chi connectivity index (χ0) is 13.8. The van der Waals surface area contributed by atoms with E-state index in [2.05, 4.69) is 6.07 Å². The third-order valence-corrected chi connectivity index (χ3v) is 2.73. The highest BCUT2D eigenvalue weighted by atomic mass is 16.5. The van der Waals surface area contributed by atoms with Gasteiger partial charge in [0, 0.05) is 11.8 Å². The molecule has 0 saturated carbocycles. The van der Waals surface area contributed by atoms with Crippen molar-refractivity contribution in [1.29, 1.82) is 5.26 Å². The molecule has 4 nitrogen and oxygen atoms in total. The van der Waals surface area contributed by atoms with Gasteiger partial charge in [0.25, 0.3) is 0 Å². The summed E-state index contributed by atoms with van der Waals surface area (Å²) in [6.45, 7) is 1.86. The van der Waals surface area contributed by atoms with Crippen LogP contribution in [0.25, 0.3) is 0 Å². The van der Waals surface area contributed by atoms with Crippen LogP contribution in [0.15, 0.2) is 36.4 Å². The number of hydrogen-bond acceptors (Lipinski definition) is 4. The predicted molar refractivity (Wildman–Crippen MR) is 73.4 cm³/mol.